The molecule has 134 valence electrons. The first-order valence-corrected chi connectivity index (χ1v) is 8.84. The van der Waals surface area contributed by atoms with Gasteiger partial charge in [-0.2, -0.15) is 0 Å². The maximum absolute atomic E-state index is 12.7. The Morgan fingerprint density at radius 1 is 1.04 bits per heavy atom. The van der Waals surface area contributed by atoms with Crippen LogP contribution < -0.4 is 10.6 Å². The minimum absolute atomic E-state index is 0.0750. The lowest BCUT2D eigenvalue weighted by molar-refractivity contribution is -0.116. The van der Waals surface area contributed by atoms with Crippen molar-refractivity contribution in [2.45, 2.75) is 26.2 Å². The molecule has 5 nitrogen and oxygen atoms in total. The molecule has 0 atom stereocenters. The molecule has 0 aliphatic carbocycles. The molecule has 0 radical (unpaired) electrons. The van der Waals surface area contributed by atoms with Crippen LogP contribution >= 0.6 is 11.6 Å². The van der Waals surface area contributed by atoms with Gasteiger partial charge >= 0.3 is 0 Å². The van der Waals surface area contributed by atoms with Gasteiger partial charge in [0.25, 0.3) is 5.91 Å². The quantitative estimate of drug-likeness (QED) is 0.604. The van der Waals surface area contributed by atoms with Gasteiger partial charge in [0.2, 0.25) is 11.7 Å². The molecule has 1 heterocycles. The molecule has 0 aliphatic heterocycles. The summed E-state index contributed by atoms with van der Waals surface area (Å²) in [5.74, 6) is -0.501. The second-order valence-corrected chi connectivity index (χ2v) is 6.35. The van der Waals surface area contributed by atoms with Crippen LogP contribution in [0.4, 0.5) is 11.4 Å². The summed E-state index contributed by atoms with van der Waals surface area (Å²) >= 11 is 5.86. The van der Waals surface area contributed by atoms with E-state index in [-0.39, 0.29) is 11.7 Å². The number of para-hydroxylation sites is 1. The fourth-order valence-corrected chi connectivity index (χ4v) is 2.72. The van der Waals surface area contributed by atoms with Gasteiger partial charge in [-0.3, -0.25) is 9.59 Å². The minimum atomic E-state index is -0.436. The third-order valence-corrected chi connectivity index (χ3v) is 4.18. The molecule has 2 N–H and O–H groups in total. The average Bonchev–Trinajstić information content (AvgIpc) is 3.00. The Balaban J connectivity index is 1.90. The maximum atomic E-state index is 12.7. The molecule has 0 saturated heterocycles. The summed E-state index contributed by atoms with van der Waals surface area (Å²) in [6, 6.07) is 14.0. The van der Waals surface area contributed by atoms with Crippen LogP contribution in [0.15, 0.2) is 52.9 Å². The standard InChI is InChI=1S/C20H19ClN2O3/c1-2-3-8-17(24)23-18-15-6-4-5-7-16(15)26-19(18)20(25)22-14-11-9-13(21)10-12-14/h4-7,9-12H,2-3,8H2,1H3,(H,22,25)(H,23,24). The third-order valence-electron chi connectivity index (χ3n) is 3.93. The Morgan fingerprint density at radius 3 is 2.50 bits per heavy atom. The molecule has 2 amide bonds. The predicted molar refractivity (Wildman–Crippen MR) is 104 cm³/mol. The van der Waals surface area contributed by atoms with Crippen molar-refractivity contribution in [3.63, 3.8) is 0 Å². The molecule has 2 aromatic carbocycles. The molecule has 0 aliphatic rings. The van der Waals surface area contributed by atoms with E-state index in [1.54, 1.807) is 30.3 Å². The maximum Gasteiger partial charge on any atom is 0.293 e. The number of hydrogen-bond donors (Lipinski definition) is 2. The SMILES string of the molecule is CCCCC(=O)Nc1c(C(=O)Nc2ccc(Cl)cc2)oc2ccccc12. The largest absolute Gasteiger partial charge is 0.449 e. The summed E-state index contributed by atoms with van der Waals surface area (Å²) < 4.78 is 5.71. The molecular formula is C20H19ClN2O3. The number of benzene rings is 2. The number of unbranched alkanes of at least 4 members (excludes halogenated alkanes) is 1. The van der Waals surface area contributed by atoms with Gasteiger partial charge in [0.15, 0.2) is 0 Å². The zero-order valence-corrected chi connectivity index (χ0v) is 15.1. The Kier molecular flexibility index (Phi) is 5.58. The number of furan rings is 1. The number of nitrogens with one attached hydrogen (secondary N) is 2. The highest BCUT2D eigenvalue weighted by Gasteiger charge is 2.22. The van der Waals surface area contributed by atoms with E-state index in [2.05, 4.69) is 10.6 Å². The molecule has 0 fully saturated rings. The second-order valence-electron chi connectivity index (χ2n) is 5.92. The summed E-state index contributed by atoms with van der Waals surface area (Å²) in [6.45, 7) is 2.02. The van der Waals surface area contributed by atoms with Crippen LogP contribution in [-0.4, -0.2) is 11.8 Å². The molecule has 1 aromatic heterocycles. The topological polar surface area (TPSA) is 71.3 Å². The zero-order chi connectivity index (χ0) is 18.5. The first-order chi connectivity index (χ1) is 12.6. The van der Waals surface area contributed by atoms with Gasteiger partial charge in [0.1, 0.15) is 11.3 Å². The van der Waals surface area contributed by atoms with Gasteiger partial charge in [0.05, 0.1) is 0 Å². The highest BCUT2D eigenvalue weighted by molar-refractivity contribution is 6.30. The normalized spacial score (nSPS) is 10.7. The fourth-order valence-electron chi connectivity index (χ4n) is 2.59. The van der Waals surface area contributed by atoms with E-state index >= 15 is 0 Å². The van der Waals surface area contributed by atoms with Gasteiger partial charge in [0, 0.05) is 22.5 Å². The zero-order valence-electron chi connectivity index (χ0n) is 14.3. The summed E-state index contributed by atoms with van der Waals surface area (Å²) in [4.78, 5) is 24.9. The molecule has 0 spiro atoms. The van der Waals surface area contributed by atoms with Crippen molar-refractivity contribution in [3.05, 3.63) is 59.3 Å². The Labute approximate surface area is 156 Å². The molecular weight excluding hydrogens is 352 g/mol. The second kappa shape index (κ2) is 8.06. The first-order valence-electron chi connectivity index (χ1n) is 8.46. The van der Waals surface area contributed by atoms with Crippen LogP contribution in [0.1, 0.15) is 36.7 Å². The molecule has 6 heteroatoms. The number of amides is 2. The van der Waals surface area contributed by atoms with Crippen LogP contribution in [-0.2, 0) is 4.79 Å². The van der Waals surface area contributed by atoms with Crippen LogP contribution in [0, 0.1) is 0 Å². The van der Waals surface area contributed by atoms with Crippen molar-refractivity contribution >= 4 is 45.8 Å². The van der Waals surface area contributed by atoms with E-state index in [0.717, 1.165) is 12.8 Å². The monoisotopic (exact) mass is 370 g/mol. The minimum Gasteiger partial charge on any atom is -0.449 e. The lowest BCUT2D eigenvalue weighted by atomic mass is 10.2. The highest BCUT2D eigenvalue weighted by Crippen LogP contribution is 2.31. The van der Waals surface area contributed by atoms with E-state index in [1.165, 1.54) is 0 Å². The van der Waals surface area contributed by atoms with Gasteiger partial charge in [-0.25, -0.2) is 0 Å². The summed E-state index contributed by atoms with van der Waals surface area (Å²) in [6.07, 6.45) is 2.10. The Hall–Kier alpha value is -2.79. The first kappa shape index (κ1) is 18.0. The number of carbonyl (C=O) groups is 2. The highest BCUT2D eigenvalue weighted by atomic mass is 35.5. The molecule has 0 unspecified atom stereocenters. The lowest BCUT2D eigenvalue weighted by Gasteiger charge is -2.07. The third kappa shape index (κ3) is 4.06. The van der Waals surface area contributed by atoms with E-state index in [1.807, 2.05) is 25.1 Å². The number of carbonyl (C=O) groups excluding carboxylic acids is 2. The predicted octanol–water partition coefficient (Wildman–Crippen LogP) is 5.47. The molecule has 0 saturated carbocycles. The van der Waals surface area contributed by atoms with Crippen LogP contribution in [0.2, 0.25) is 5.02 Å². The van der Waals surface area contributed by atoms with E-state index < -0.39 is 5.91 Å². The van der Waals surface area contributed by atoms with Gasteiger partial charge < -0.3 is 15.1 Å². The van der Waals surface area contributed by atoms with Crippen LogP contribution in [0.5, 0.6) is 0 Å². The van der Waals surface area contributed by atoms with Gasteiger partial charge in [-0.15, -0.1) is 0 Å². The summed E-state index contributed by atoms with van der Waals surface area (Å²) in [5, 5.41) is 6.86. The van der Waals surface area contributed by atoms with Crippen molar-refractivity contribution in [2.75, 3.05) is 10.6 Å². The summed E-state index contributed by atoms with van der Waals surface area (Å²) in [5.41, 5.74) is 1.52. The lowest BCUT2D eigenvalue weighted by Crippen LogP contribution is -2.16. The smallest absolute Gasteiger partial charge is 0.293 e. The fraction of sp³-hybridized carbons (Fsp3) is 0.200. The number of halogens is 1. The van der Waals surface area contributed by atoms with E-state index in [9.17, 15) is 9.59 Å². The number of rotatable bonds is 6. The van der Waals surface area contributed by atoms with Crippen molar-refractivity contribution in [3.8, 4) is 0 Å². The molecule has 3 rings (SSSR count). The molecule has 26 heavy (non-hydrogen) atoms. The molecule has 3 aromatic rings. The van der Waals surface area contributed by atoms with Crippen molar-refractivity contribution in [1.29, 1.82) is 0 Å². The van der Waals surface area contributed by atoms with Gasteiger partial charge in [-0.1, -0.05) is 37.1 Å². The Morgan fingerprint density at radius 2 is 1.77 bits per heavy atom. The van der Waals surface area contributed by atoms with Crippen molar-refractivity contribution in [2.24, 2.45) is 0 Å². The van der Waals surface area contributed by atoms with Crippen LogP contribution in [0.3, 0.4) is 0 Å². The molecule has 0 bridgehead atoms. The van der Waals surface area contributed by atoms with Crippen LogP contribution in [0.25, 0.3) is 11.0 Å². The Bertz CT molecular complexity index is 932. The van der Waals surface area contributed by atoms with Crippen molar-refractivity contribution < 1.29 is 14.0 Å². The summed E-state index contributed by atoms with van der Waals surface area (Å²) in [7, 11) is 0. The number of fused-ring (bicyclic) bond motifs is 1. The van der Waals surface area contributed by atoms with E-state index in [4.69, 9.17) is 16.0 Å². The number of anilines is 2. The average molecular weight is 371 g/mol. The van der Waals surface area contributed by atoms with E-state index in [0.29, 0.717) is 33.8 Å². The van der Waals surface area contributed by atoms with Gasteiger partial charge in [-0.05, 0) is 42.8 Å². The number of hydrogen-bond acceptors (Lipinski definition) is 3. The van der Waals surface area contributed by atoms with Crippen molar-refractivity contribution in [1.82, 2.24) is 0 Å².